The van der Waals surface area contributed by atoms with E-state index in [1.54, 1.807) is 0 Å². The minimum atomic E-state index is -0.104. The lowest BCUT2D eigenvalue weighted by atomic mass is 9.78. The molecule has 3 N–H and O–H groups in total. The van der Waals surface area contributed by atoms with E-state index in [1.165, 1.54) is 0 Å². The van der Waals surface area contributed by atoms with Gasteiger partial charge >= 0.3 is 0 Å². The molecule has 0 radical (unpaired) electrons. The van der Waals surface area contributed by atoms with E-state index in [2.05, 4.69) is 21.4 Å². The number of aliphatic hydroxyl groups excluding tert-OH is 1. The van der Waals surface area contributed by atoms with Gasteiger partial charge in [-0.1, -0.05) is 6.08 Å². The fraction of sp³-hybridized carbons (Fsp3) is 0.571. The van der Waals surface area contributed by atoms with Crippen LogP contribution in [-0.4, -0.2) is 34.8 Å². The third kappa shape index (κ3) is 3.04. The summed E-state index contributed by atoms with van der Waals surface area (Å²) in [5, 5.41) is 9.71. The largest absolute Gasteiger partial charge is 0.396 e. The van der Waals surface area contributed by atoms with Crippen molar-refractivity contribution in [3.63, 3.8) is 0 Å². The summed E-state index contributed by atoms with van der Waals surface area (Å²) in [6, 6.07) is 1.94. The fourth-order valence-electron chi connectivity index (χ4n) is 2.81. The molecule has 104 valence electrons. The molecule has 0 bridgehead atoms. The molecule has 19 heavy (non-hydrogen) atoms. The van der Waals surface area contributed by atoms with Gasteiger partial charge in [0.1, 0.15) is 5.82 Å². The minimum absolute atomic E-state index is 0.104. The molecule has 5 heteroatoms. The van der Waals surface area contributed by atoms with E-state index in [4.69, 9.17) is 5.73 Å². The summed E-state index contributed by atoms with van der Waals surface area (Å²) in [4.78, 5) is 10.6. The zero-order chi connectivity index (χ0) is 13.9. The molecule has 2 rings (SSSR count). The summed E-state index contributed by atoms with van der Waals surface area (Å²) >= 11 is 0. The van der Waals surface area contributed by atoms with E-state index in [9.17, 15) is 5.11 Å². The van der Waals surface area contributed by atoms with E-state index in [0.717, 1.165) is 43.9 Å². The highest BCUT2D eigenvalue weighted by Crippen LogP contribution is 2.35. The fourth-order valence-corrected chi connectivity index (χ4v) is 2.81. The molecule has 1 aromatic rings. The van der Waals surface area contributed by atoms with Gasteiger partial charge in [0.15, 0.2) is 0 Å². The Morgan fingerprint density at radius 1 is 1.58 bits per heavy atom. The van der Waals surface area contributed by atoms with Crippen molar-refractivity contribution in [3.05, 3.63) is 24.4 Å². The van der Waals surface area contributed by atoms with Gasteiger partial charge in [-0.05, 0) is 26.2 Å². The third-order valence-corrected chi connectivity index (χ3v) is 3.76. The van der Waals surface area contributed by atoms with Crippen molar-refractivity contribution in [2.45, 2.75) is 26.2 Å². The smallest absolute Gasteiger partial charge is 0.222 e. The van der Waals surface area contributed by atoms with Gasteiger partial charge in [0, 0.05) is 30.3 Å². The second kappa shape index (κ2) is 5.57. The molecule has 1 aliphatic rings. The molecular weight excluding hydrogens is 240 g/mol. The molecule has 1 atom stereocenters. The summed E-state index contributed by atoms with van der Waals surface area (Å²) < 4.78 is 0. The van der Waals surface area contributed by atoms with Crippen LogP contribution in [0.2, 0.25) is 0 Å². The average molecular weight is 262 g/mol. The SMILES string of the molecule is C=CC[C@@]1(CO)CCCN(c2cc(C)nc(N)n2)C1. The van der Waals surface area contributed by atoms with Gasteiger partial charge in [0.2, 0.25) is 5.95 Å². The van der Waals surface area contributed by atoms with E-state index in [-0.39, 0.29) is 12.0 Å². The summed E-state index contributed by atoms with van der Waals surface area (Å²) in [6.45, 7) is 7.61. The first-order valence-corrected chi connectivity index (χ1v) is 6.66. The number of hydrogen-bond acceptors (Lipinski definition) is 5. The Morgan fingerprint density at radius 3 is 3.00 bits per heavy atom. The van der Waals surface area contributed by atoms with Crippen LogP contribution >= 0.6 is 0 Å². The second-order valence-corrected chi connectivity index (χ2v) is 5.40. The first-order valence-electron chi connectivity index (χ1n) is 6.66. The molecule has 0 aliphatic carbocycles. The second-order valence-electron chi connectivity index (χ2n) is 5.40. The summed E-state index contributed by atoms with van der Waals surface area (Å²) in [5.41, 5.74) is 6.47. The van der Waals surface area contributed by atoms with E-state index < -0.39 is 0 Å². The maximum absolute atomic E-state index is 9.71. The van der Waals surface area contributed by atoms with Crippen LogP contribution in [0.4, 0.5) is 11.8 Å². The van der Waals surface area contributed by atoms with Gasteiger partial charge in [-0.3, -0.25) is 0 Å². The van der Waals surface area contributed by atoms with Gasteiger partial charge in [0.25, 0.3) is 0 Å². The zero-order valence-corrected chi connectivity index (χ0v) is 11.5. The molecule has 0 saturated carbocycles. The van der Waals surface area contributed by atoms with Gasteiger partial charge < -0.3 is 15.7 Å². The predicted molar refractivity (Wildman–Crippen MR) is 77.0 cm³/mol. The van der Waals surface area contributed by atoms with Crippen LogP contribution in [0.25, 0.3) is 0 Å². The van der Waals surface area contributed by atoms with E-state index in [1.807, 2.05) is 19.1 Å². The first kappa shape index (κ1) is 13.8. The molecule has 0 aromatic carbocycles. The Balaban J connectivity index is 2.22. The Morgan fingerprint density at radius 2 is 2.37 bits per heavy atom. The Bertz CT molecular complexity index is 443. The number of aliphatic hydroxyl groups is 1. The third-order valence-electron chi connectivity index (χ3n) is 3.76. The Kier molecular flexibility index (Phi) is 4.04. The van der Waals surface area contributed by atoms with Crippen molar-refractivity contribution in [2.75, 3.05) is 30.3 Å². The average Bonchev–Trinajstić information content (AvgIpc) is 2.38. The number of aromatic nitrogens is 2. The van der Waals surface area contributed by atoms with Crippen molar-refractivity contribution < 1.29 is 5.11 Å². The van der Waals surface area contributed by atoms with Gasteiger partial charge in [-0.15, -0.1) is 6.58 Å². The number of anilines is 2. The number of nitrogen functional groups attached to an aromatic ring is 1. The monoisotopic (exact) mass is 262 g/mol. The summed E-state index contributed by atoms with van der Waals surface area (Å²) in [5.74, 6) is 1.16. The number of aryl methyl sites for hydroxylation is 1. The highest BCUT2D eigenvalue weighted by atomic mass is 16.3. The molecule has 5 nitrogen and oxygen atoms in total. The lowest BCUT2D eigenvalue weighted by molar-refractivity contribution is 0.108. The quantitative estimate of drug-likeness (QED) is 0.805. The molecule has 1 aromatic heterocycles. The van der Waals surface area contributed by atoms with Gasteiger partial charge in [-0.2, -0.15) is 4.98 Å². The van der Waals surface area contributed by atoms with Crippen LogP contribution in [0.1, 0.15) is 25.0 Å². The standard InChI is InChI=1S/C14H22N4O/c1-3-5-14(10-19)6-4-7-18(9-14)12-8-11(2)16-13(15)17-12/h3,8,19H,1,4-7,9-10H2,2H3,(H2,15,16,17)/t14-/m1/s1. The Hall–Kier alpha value is -1.62. The number of nitrogens with two attached hydrogens (primary N) is 1. The number of nitrogens with zero attached hydrogens (tertiary/aromatic N) is 3. The Labute approximate surface area is 114 Å². The van der Waals surface area contributed by atoms with E-state index >= 15 is 0 Å². The molecule has 0 amide bonds. The highest BCUT2D eigenvalue weighted by molar-refractivity contribution is 5.44. The number of rotatable bonds is 4. The van der Waals surface area contributed by atoms with Crippen molar-refractivity contribution in [1.29, 1.82) is 0 Å². The lowest BCUT2D eigenvalue weighted by Crippen LogP contribution is -2.45. The van der Waals surface area contributed by atoms with Gasteiger partial charge in [0.05, 0.1) is 6.61 Å². The van der Waals surface area contributed by atoms with Crippen LogP contribution in [-0.2, 0) is 0 Å². The van der Waals surface area contributed by atoms with Crippen LogP contribution < -0.4 is 10.6 Å². The maximum Gasteiger partial charge on any atom is 0.222 e. The predicted octanol–water partition coefficient (Wildman–Crippen LogP) is 1.52. The van der Waals surface area contributed by atoms with Crippen molar-refractivity contribution in [3.8, 4) is 0 Å². The van der Waals surface area contributed by atoms with Crippen molar-refractivity contribution in [1.82, 2.24) is 9.97 Å². The highest BCUT2D eigenvalue weighted by Gasteiger charge is 2.34. The summed E-state index contributed by atoms with van der Waals surface area (Å²) in [7, 11) is 0. The number of hydrogen-bond donors (Lipinski definition) is 2. The molecule has 1 fully saturated rings. The normalized spacial score (nSPS) is 23.4. The maximum atomic E-state index is 9.71. The minimum Gasteiger partial charge on any atom is -0.396 e. The first-order chi connectivity index (χ1) is 9.08. The lowest BCUT2D eigenvalue weighted by Gasteiger charge is -2.42. The van der Waals surface area contributed by atoms with Crippen molar-refractivity contribution in [2.24, 2.45) is 5.41 Å². The number of allylic oxidation sites excluding steroid dienone is 1. The molecule has 0 spiro atoms. The number of piperidine rings is 1. The molecule has 2 heterocycles. The zero-order valence-electron chi connectivity index (χ0n) is 11.5. The molecule has 1 aliphatic heterocycles. The van der Waals surface area contributed by atoms with Crippen LogP contribution in [0.3, 0.4) is 0 Å². The summed E-state index contributed by atoms with van der Waals surface area (Å²) in [6.07, 6.45) is 4.77. The van der Waals surface area contributed by atoms with Crippen LogP contribution in [0, 0.1) is 12.3 Å². The molecule has 1 saturated heterocycles. The molecular formula is C14H22N4O. The van der Waals surface area contributed by atoms with Crippen molar-refractivity contribution >= 4 is 11.8 Å². The van der Waals surface area contributed by atoms with Crippen LogP contribution in [0.5, 0.6) is 0 Å². The topological polar surface area (TPSA) is 75.3 Å². The molecule has 0 unspecified atom stereocenters. The van der Waals surface area contributed by atoms with Gasteiger partial charge in [-0.25, -0.2) is 4.98 Å². The van der Waals surface area contributed by atoms with Crippen LogP contribution in [0.15, 0.2) is 18.7 Å². The van der Waals surface area contributed by atoms with E-state index in [0.29, 0.717) is 5.95 Å².